The van der Waals surface area contributed by atoms with E-state index in [1.165, 1.54) is 36.4 Å². The Morgan fingerprint density at radius 3 is 1.63 bits per heavy atom. The van der Waals surface area contributed by atoms with Crippen LogP contribution in [0.5, 0.6) is 5.75 Å². The van der Waals surface area contributed by atoms with Crippen molar-refractivity contribution in [3.8, 4) is 28.0 Å². The Hall–Kier alpha value is -2.96. The van der Waals surface area contributed by atoms with Crippen molar-refractivity contribution in [2.45, 2.75) is 13.5 Å². The zero-order valence-electron chi connectivity index (χ0n) is 13.9. The zero-order chi connectivity index (χ0) is 19.7. The minimum Gasteiger partial charge on any atom is -0.429 e. The van der Waals surface area contributed by atoms with E-state index in [4.69, 9.17) is 0 Å². The van der Waals surface area contributed by atoms with Gasteiger partial charge in [0.05, 0.1) is 5.56 Å². The van der Waals surface area contributed by atoms with Crippen molar-refractivity contribution < 1.29 is 31.1 Å². The molecule has 27 heavy (non-hydrogen) atoms. The fraction of sp³-hybridized carbons (Fsp3) is 0.100. The molecule has 0 aliphatic heterocycles. The molecule has 0 bridgehead atoms. The summed E-state index contributed by atoms with van der Waals surface area (Å²) >= 11 is 0. The van der Waals surface area contributed by atoms with Crippen LogP contribution in [0.25, 0.3) is 22.3 Å². The Morgan fingerprint density at radius 2 is 1.15 bits per heavy atom. The predicted octanol–water partition coefficient (Wildman–Crippen LogP) is 6.49. The molecule has 0 radical (unpaired) electrons. The molecule has 3 aromatic carbocycles. The van der Waals surface area contributed by atoms with E-state index in [1.54, 1.807) is 6.92 Å². The van der Waals surface area contributed by atoms with Crippen LogP contribution in [0.3, 0.4) is 0 Å². The van der Waals surface area contributed by atoms with Gasteiger partial charge in [-0.05, 0) is 53.4 Å². The van der Waals surface area contributed by atoms with Gasteiger partial charge in [-0.15, -0.1) is 0 Å². The molecule has 3 rings (SSSR count). The van der Waals surface area contributed by atoms with Crippen molar-refractivity contribution in [2.24, 2.45) is 0 Å². The maximum Gasteiger partial charge on any atom is 0.387 e. The first-order chi connectivity index (χ1) is 12.8. The Kier molecular flexibility index (Phi) is 5.12. The second-order valence-electron chi connectivity index (χ2n) is 5.83. The van der Waals surface area contributed by atoms with E-state index >= 15 is 0 Å². The van der Waals surface area contributed by atoms with Crippen LogP contribution in [-0.4, -0.2) is 6.61 Å². The van der Waals surface area contributed by atoms with Crippen LogP contribution in [0.4, 0.5) is 26.3 Å². The Labute approximate surface area is 150 Å². The largest absolute Gasteiger partial charge is 0.429 e. The van der Waals surface area contributed by atoms with Gasteiger partial charge in [-0.1, -0.05) is 24.3 Å². The highest BCUT2D eigenvalue weighted by atomic mass is 19.3. The summed E-state index contributed by atoms with van der Waals surface area (Å²) in [5, 5.41) is 0. The van der Waals surface area contributed by atoms with Crippen molar-refractivity contribution in [2.75, 3.05) is 0 Å². The quantitative estimate of drug-likeness (QED) is 0.469. The molecule has 0 N–H and O–H groups in total. The highest BCUT2D eigenvalue weighted by Gasteiger charge is 2.18. The fourth-order valence-corrected chi connectivity index (χ4v) is 2.73. The molecule has 0 amide bonds. The molecule has 0 saturated carbocycles. The van der Waals surface area contributed by atoms with Gasteiger partial charge in [0.2, 0.25) is 0 Å². The van der Waals surface area contributed by atoms with E-state index in [9.17, 15) is 26.3 Å². The van der Waals surface area contributed by atoms with Gasteiger partial charge >= 0.3 is 6.61 Å². The van der Waals surface area contributed by atoms with Gasteiger partial charge in [0.25, 0.3) is 0 Å². The molecule has 0 aliphatic rings. The van der Waals surface area contributed by atoms with Crippen LogP contribution < -0.4 is 4.74 Å². The molecular weight excluding hydrogens is 370 g/mol. The highest BCUT2D eigenvalue weighted by Crippen LogP contribution is 2.32. The van der Waals surface area contributed by atoms with Crippen molar-refractivity contribution in [1.82, 2.24) is 0 Å². The summed E-state index contributed by atoms with van der Waals surface area (Å²) in [7, 11) is 0. The smallest absolute Gasteiger partial charge is 0.387 e. The lowest BCUT2D eigenvalue weighted by Gasteiger charge is -2.11. The molecule has 0 unspecified atom stereocenters. The third kappa shape index (κ3) is 3.92. The molecule has 0 atom stereocenters. The first kappa shape index (κ1) is 18.8. The van der Waals surface area contributed by atoms with Crippen molar-refractivity contribution in [1.29, 1.82) is 0 Å². The van der Waals surface area contributed by atoms with E-state index in [1.807, 2.05) is 0 Å². The van der Waals surface area contributed by atoms with E-state index < -0.39 is 35.6 Å². The minimum absolute atomic E-state index is 0.0583. The molecule has 0 saturated heterocycles. The first-order valence-electron chi connectivity index (χ1n) is 7.76. The van der Waals surface area contributed by atoms with Crippen LogP contribution >= 0.6 is 0 Å². The van der Waals surface area contributed by atoms with E-state index in [0.717, 1.165) is 12.1 Å². The number of ether oxygens (including phenoxy) is 1. The maximum atomic E-state index is 14.1. The van der Waals surface area contributed by atoms with Gasteiger partial charge < -0.3 is 4.74 Å². The Morgan fingerprint density at radius 1 is 0.667 bits per heavy atom. The number of alkyl halides is 2. The molecule has 0 aliphatic carbocycles. The fourth-order valence-electron chi connectivity index (χ4n) is 2.73. The van der Waals surface area contributed by atoms with Crippen LogP contribution in [0.2, 0.25) is 0 Å². The topological polar surface area (TPSA) is 9.23 Å². The summed E-state index contributed by atoms with van der Waals surface area (Å²) < 4.78 is 84.0. The number of halogens is 6. The molecule has 3 aromatic rings. The maximum absolute atomic E-state index is 14.1. The van der Waals surface area contributed by atoms with Crippen LogP contribution in [0.15, 0.2) is 48.5 Å². The summed E-state index contributed by atoms with van der Waals surface area (Å²) in [4.78, 5) is 0. The third-order valence-electron chi connectivity index (χ3n) is 3.90. The van der Waals surface area contributed by atoms with Gasteiger partial charge in [-0.25, -0.2) is 17.6 Å². The second kappa shape index (κ2) is 7.34. The predicted molar refractivity (Wildman–Crippen MR) is 88.5 cm³/mol. The van der Waals surface area contributed by atoms with Crippen molar-refractivity contribution in [3.63, 3.8) is 0 Å². The van der Waals surface area contributed by atoms with Gasteiger partial charge in [-0.2, -0.15) is 8.78 Å². The number of aryl methyl sites for hydroxylation is 1. The molecule has 0 heterocycles. The minimum atomic E-state index is -3.36. The SMILES string of the molecule is Cc1cc(F)c(-c2ccc(-c3cc(F)c(OC(F)F)c(F)c3)cc2)c(F)c1. The normalized spacial score (nSPS) is 11.1. The highest BCUT2D eigenvalue weighted by molar-refractivity contribution is 5.71. The molecule has 140 valence electrons. The second-order valence-corrected chi connectivity index (χ2v) is 5.83. The lowest BCUT2D eigenvalue weighted by atomic mass is 9.98. The third-order valence-corrected chi connectivity index (χ3v) is 3.90. The Bertz CT molecular complexity index is 936. The number of rotatable bonds is 4. The summed E-state index contributed by atoms with van der Waals surface area (Å²) in [6.45, 7) is -1.80. The van der Waals surface area contributed by atoms with E-state index in [0.29, 0.717) is 11.1 Å². The average Bonchev–Trinajstić information content (AvgIpc) is 2.57. The van der Waals surface area contributed by atoms with E-state index in [-0.39, 0.29) is 16.7 Å². The Balaban J connectivity index is 1.97. The molecule has 0 aromatic heterocycles. The summed E-state index contributed by atoms with van der Waals surface area (Å²) in [6, 6.07) is 9.67. The van der Waals surface area contributed by atoms with E-state index in [2.05, 4.69) is 4.74 Å². The first-order valence-corrected chi connectivity index (χ1v) is 7.76. The molecular formula is C20H12F6O. The molecule has 0 fully saturated rings. The van der Waals surface area contributed by atoms with Crippen molar-refractivity contribution >= 4 is 0 Å². The van der Waals surface area contributed by atoms with Gasteiger partial charge in [-0.3, -0.25) is 0 Å². The summed E-state index contributed by atoms with van der Waals surface area (Å²) in [5.41, 5.74) is 0.844. The lowest BCUT2D eigenvalue weighted by molar-refractivity contribution is -0.0546. The standard InChI is InChI=1S/C20H12F6O/c1-10-6-14(21)18(15(22)7-10)12-4-2-11(3-5-12)13-8-16(23)19(17(24)9-13)27-20(25)26/h2-9,20H,1H3. The number of hydrogen-bond donors (Lipinski definition) is 0. The number of benzene rings is 3. The van der Waals surface area contributed by atoms with Gasteiger partial charge in [0.1, 0.15) is 11.6 Å². The van der Waals surface area contributed by atoms with Crippen LogP contribution in [0, 0.1) is 30.2 Å². The lowest BCUT2D eigenvalue weighted by Crippen LogP contribution is -2.06. The molecule has 1 nitrogen and oxygen atoms in total. The van der Waals surface area contributed by atoms with Crippen LogP contribution in [0.1, 0.15) is 5.56 Å². The van der Waals surface area contributed by atoms with Crippen molar-refractivity contribution in [3.05, 3.63) is 77.4 Å². The zero-order valence-corrected chi connectivity index (χ0v) is 13.9. The van der Waals surface area contributed by atoms with Crippen LogP contribution in [-0.2, 0) is 0 Å². The molecule has 7 heteroatoms. The average molecular weight is 382 g/mol. The van der Waals surface area contributed by atoms with Gasteiger partial charge in [0.15, 0.2) is 17.4 Å². The number of hydrogen-bond acceptors (Lipinski definition) is 1. The summed E-state index contributed by atoms with van der Waals surface area (Å²) in [5.74, 6) is -5.21. The summed E-state index contributed by atoms with van der Waals surface area (Å²) in [6.07, 6.45) is 0. The molecule has 0 spiro atoms. The monoisotopic (exact) mass is 382 g/mol. The van der Waals surface area contributed by atoms with Gasteiger partial charge in [0, 0.05) is 0 Å².